The smallest absolute Gasteiger partial charge is 0.255 e. The number of methoxy groups -OCH3 is 1. The van der Waals surface area contributed by atoms with Gasteiger partial charge in [-0.2, -0.15) is 0 Å². The van der Waals surface area contributed by atoms with Crippen molar-refractivity contribution in [3.05, 3.63) is 53.3 Å². The predicted octanol–water partition coefficient (Wildman–Crippen LogP) is 3.70. The van der Waals surface area contributed by atoms with Crippen LogP contribution < -0.4 is 10.1 Å². The van der Waals surface area contributed by atoms with E-state index in [1.165, 1.54) is 29.5 Å². The monoisotopic (exact) mass is 321 g/mol. The first-order chi connectivity index (χ1) is 11.7. The topological polar surface area (TPSA) is 67.0 Å². The second-order valence-corrected chi connectivity index (χ2v) is 6.09. The second kappa shape index (κ2) is 6.00. The zero-order valence-corrected chi connectivity index (χ0v) is 13.6. The molecule has 2 N–H and O–H groups in total. The molecule has 0 atom stereocenters. The van der Waals surface area contributed by atoms with Crippen LogP contribution in [0, 0.1) is 0 Å². The van der Waals surface area contributed by atoms with E-state index in [1.807, 2.05) is 18.2 Å². The third kappa shape index (κ3) is 2.62. The molecular formula is C19H19N3O2. The Labute approximate surface area is 140 Å². The van der Waals surface area contributed by atoms with Crippen LogP contribution >= 0.6 is 0 Å². The van der Waals surface area contributed by atoms with Crippen LogP contribution in [-0.2, 0) is 12.8 Å². The maximum absolute atomic E-state index is 12.5. The van der Waals surface area contributed by atoms with Gasteiger partial charge in [-0.15, -0.1) is 0 Å². The van der Waals surface area contributed by atoms with Crippen molar-refractivity contribution in [1.82, 2.24) is 9.97 Å². The number of aryl methyl sites for hydroxylation is 2. The quantitative estimate of drug-likeness (QED) is 0.773. The van der Waals surface area contributed by atoms with Gasteiger partial charge in [-0.05, 0) is 55.5 Å². The summed E-state index contributed by atoms with van der Waals surface area (Å²) in [5, 5.41) is 4.05. The molecule has 0 spiro atoms. The number of aromatic amines is 1. The summed E-state index contributed by atoms with van der Waals surface area (Å²) in [6.45, 7) is 0. The van der Waals surface area contributed by atoms with Crippen molar-refractivity contribution in [3.63, 3.8) is 0 Å². The van der Waals surface area contributed by atoms with Gasteiger partial charge in [0.2, 0.25) is 5.88 Å². The van der Waals surface area contributed by atoms with Gasteiger partial charge in [-0.1, -0.05) is 0 Å². The number of nitrogens with zero attached hydrogens (tertiary/aromatic N) is 1. The molecule has 1 amide bonds. The Bertz CT molecular complexity index is 897. The van der Waals surface area contributed by atoms with Gasteiger partial charge in [-0.3, -0.25) is 4.79 Å². The highest BCUT2D eigenvalue weighted by molar-refractivity contribution is 6.06. The number of H-pyrrole nitrogens is 1. The maximum Gasteiger partial charge on any atom is 0.255 e. The Morgan fingerprint density at radius 3 is 2.88 bits per heavy atom. The number of benzene rings is 1. The minimum absolute atomic E-state index is 0.130. The fraction of sp³-hybridized carbons (Fsp3) is 0.263. The number of hydrogen-bond donors (Lipinski definition) is 2. The standard InChI is InChI=1S/C19H19N3O2/c1-24-18-9-7-13(11-20-18)21-19(23)12-6-8-17-15(10-12)14-4-2-3-5-16(14)22-17/h6-11,22H,2-5H2,1H3,(H,21,23). The summed E-state index contributed by atoms with van der Waals surface area (Å²) >= 11 is 0. The molecule has 5 heteroatoms. The second-order valence-electron chi connectivity index (χ2n) is 6.09. The average molecular weight is 321 g/mol. The summed E-state index contributed by atoms with van der Waals surface area (Å²) in [4.78, 5) is 20.1. The fourth-order valence-electron chi connectivity index (χ4n) is 3.33. The van der Waals surface area contributed by atoms with Crippen LogP contribution in [0.15, 0.2) is 36.5 Å². The van der Waals surface area contributed by atoms with Crippen molar-refractivity contribution in [1.29, 1.82) is 0 Å². The summed E-state index contributed by atoms with van der Waals surface area (Å²) in [6, 6.07) is 9.34. The van der Waals surface area contributed by atoms with Crippen LogP contribution in [0.1, 0.15) is 34.5 Å². The van der Waals surface area contributed by atoms with E-state index >= 15 is 0 Å². The van der Waals surface area contributed by atoms with E-state index in [4.69, 9.17) is 4.74 Å². The number of hydrogen-bond acceptors (Lipinski definition) is 3. The van der Waals surface area contributed by atoms with Gasteiger partial charge in [0.25, 0.3) is 5.91 Å². The first-order valence-electron chi connectivity index (χ1n) is 8.19. The van der Waals surface area contributed by atoms with Crippen LogP contribution in [0.5, 0.6) is 5.88 Å². The van der Waals surface area contributed by atoms with E-state index < -0.39 is 0 Å². The van der Waals surface area contributed by atoms with E-state index in [-0.39, 0.29) is 5.91 Å². The molecule has 2 heterocycles. The molecular weight excluding hydrogens is 302 g/mol. The lowest BCUT2D eigenvalue weighted by atomic mass is 9.95. The molecule has 4 rings (SSSR count). The zero-order valence-electron chi connectivity index (χ0n) is 13.6. The number of amides is 1. The summed E-state index contributed by atoms with van der Waals surface area (Å²) in [6.07, 6.45) is 6.23. The van der Waals surface area contributed by atoms with Crippen LogP contribution in [0.3, 0.4) is 0 Å². The van der Waals surface area contributed by atoms with E-state index in [1.54, 1.807) is 25.4 Å². The molecule has 0 saturated carbocycles. The summed E-state index contributed by atoms with van der Waals surface area (Å²) < 4.78 is 5.02. The van der Waals surface area contributed by atoms with Crippen LogP contribution in [0.4, 0.5) is 5.69 Å². The minimum Gasteiger partial charge on any atom is -0.481 e. The molecule has 24 heavy (non-hydrogen) atoms. The summed E-state index contributed by atoms with van der Waals surface area (Å²) in [7, 11) is 1.56. The third-order valence-electron chi connectivity index (χ3n) is 4.56. The Kier molecular flexibility index (Phi) is 3.69. The molecule has 0 saturated heterocycles. The SMILES string of the molecule is COc1ccc(NC(=O)c2ccc3[nH]c4c(c3c2)CCCC4)cn1. The van der Waals surface area contributed by atoms with Gasteiger partial charge in [0, 0.05) is 28.2 Å². The number of fused-ring (bicyclic) bond motifs is 3. The molecule has 1 aliphatic carbocycles. The highest BCUT2D eigenvalue weighted by Crippen LogP contribution is 2.29. The highest BCUT2D eigenvalue weighted by atomic mass is 16.5. The van der Waals surface area contributed by atoms with Crippen molar-refractivity contribution in [2.24, 2.45) is 0 Å². The average Bonchev–Trinajstić information content (AvgIpc) is 3.00. The number of pyridine rings is 1. The van der Waals surface area contributed by atoms with Crippen molar-refractivity contribution in [3.8, 4) is 5.88 Å². The molecule has 0 unspecified atom stereocenters. The van der Waals surface area contributed by atoms with Crippen molar-refractivity contribution in [2.75, 3.05) is 12.4 Å². The molecule has 122 valence electrons. The molecule has 0 fully saturated rings. The number of ether oxygens (including phenoxy) is 1. The van der Waals surface area contributed by atoms with Crippen LogP contribution in [0.25, 0.3) is 10.9 Å². The lowest BCUT2D eigenvalue weighted by molar-refractivity contribution is 0.102. The van der Waals surface area contributed by atoms with E-state index in [0.717, 1.165) is 18.4 Å². The first kappa shape index (κ1) is 14.8. The number of nitrogens with one attached hydrogen (secondary N) is 2. The van der Waals surface area contributed by atoms with Gasteiger partial charge in [0.1, 0.15) is 0 Å². The van der Waals surface area contributed by atoms with E-state index in [9.17, 15) is 4.79 Å². The van der Waals surface area contributed by atoms with E-state index in [2.05, 4.69) is 15.3 Å². The zero-order chi connectivity index (χ0) is 16.5. The Hall–Kier alpha value is -2.82. The van der Waals surface area contributed by atoms with Crippen LogP contribution in [-0.4, -0.2) is 23.0 Å². The largest absolute Gasteiger partial charge is 0.481 e. The number of anilines is 1. The van der Waals surface area contributed by atoms with Gasteiger partial charge in [-0.25, -0.2) is 4.98 Å². The van der Waals surface area contributed by atoms with Crippen molar-refractivity contribution >= 4 is 22.5 Å². The van der Waals surface area contributed by atoms with Gasteiger partial charge in [0.05, 0.1) is 19.0 Å². The molecule has 5 nitrogen and oxygen atoms in total. The predicted molar refractivity (Wildman–Crippen MR) is 93.7 cm³/mol. The molecule has 1 aliphatic rings. The molecule has 3 aromatic rings. The number of carbonyl (C=O) groups excluding carboxylic acids is 1. The van der Waals surface area contributed by atoms with Gasteiger partial charge in [0.15, 0.2) is 0 Å². The minimum atomic E-state index is -0.130. The number of aromatic nitrogens is 2. The Balaban J connectivity index is 1.61. The highest BCUT2D eigenvalue weighted by Gasteiger charge is 2.16. The number of carbonyl (C=O) groups is 1. The summed E-state index contributed by atoms with van der Waals surface area (Å²) in [5.41, 5.74) is 5.12. The molecule has 0 radical (unpaired) electrons. The summed E-state index contributed by atoms with van der Waals surface area (Å²) in [5.74, 6) is 0.392. The lowest BCUT2D eigenvalue weighted by Gasteiger charge is -2.10. The fourth-order valence-corrected chi connectivity index (χ4v) is 3.33. The molecule has 2 aromatic heterocycles. The number of rotatable bonds is 3. The van der Waals surface area contributed by atoms with Gasteiger partial charge >= 0.3 is 0 Å². The van der Waals surface area contributed by atoms with Crippen molar-refractivity contribution < 1.29 is 9.53 Å². The first-order valence-corrected chi connectivity index (χ1v) is 8.19. The van der Waals surface area contributed by atoms with E-state index in [0.29, 0.717) is 17.1 Å². The lowest BCUT2D eigenvalue weighted by Crippen LogP contribution is -2.12. The van der Waals surface area contributed by atoms with Gasteiger partial charge < -0.3 is 15.0 Å². The van der Waals surface area contributed by atoms with Crippen LogP contribution in [0.2, 0.25) is 0 Å². The molecule has 0 aliphatic heterocycles. The van der Waals surface area contributed by atoms with Crippen molar-refractivity contribution in [2.45, 2.75) is 25.7 Å². The normalized spacial score (nSPS) is 13.5. The molecule has 1 aromatic carbocycles. The Morgan fingerprint density at radius 1 is 1.21 bits per heavy atom. The maximum atomic E-state index is 12.5. The Morgan fingerprint density at radius 2 is 2.08 bits per heavy atom. The molecule has 0 bridgehead atoms. The third-order valence-corrected chi connectivity index (χ3v) is 4.56.